The minimum Gasteiger partial charge on any atom is -0.375 e. The molecule has 28 heavy (non-hydrogen) atoms. The molecule has 1 saturated heterocycles. The highest BCUT2D eigenvalue weighted by Gasteiger charge is 2.48. The predicted octanol–water partition coefficient (Wildman–Crippen LogP) is 4.58. The van der Waals surface area contributed by atoms with E-state index in [4.69, 9.17) is 9.72 Å². The number of hydrogen-bond donors (Lipinski definition) is 1. The fraction of sp³-hybridized carbons (Fsp3) is 0.545. The second-order valence-electron chi connectivity index (χ2n) is 8.10. The molecular weight excluding hydrogens is 377 g/mol. The van der Waals surface area contributed by atoms with E-state index in [1.807, 2.05) is 12.3 Å². The lowest BCUT2D eigenvalue weighted by molar-refractivity contribution is -0.104. The van der Waals surface area contributed by atoms with Crippen LogP contribution < -0.4 is 5.32 Å². The van der Waals surface area contributed by atoms with Gasteiger partial charge >= 0.3 is 0 Å². The number of aromatic nitrogens is 2. The largest absolute Gasteiger partial charge is 0.375 e. The lowest BCUT2D eigenvalue weighted by Crippen LogP contribution is -2.47. The highest BCUT2D eigenvalue weighted by Crippen LogP contribution is 2.49. The molecule has 2 aliphatic rings. The Balaban J connectivity index is 0.00000225. The maximum Gasteiger partial charge on any atom is 0.141 e. The summed E-state index contributed by atoms with van der Waals surface area (Å²) in [6.45, 7) is 2.30. The van der Waals surface area contributed by atoms with Crippen LogP contribution in [-0.4, -0.2) is 28.7 Å². The molecule has 3 heterocycles. The molecule has 1 aliphatic carbocycles. The van der Waals surface area contributed by atoms with Crippen molar-refractivity contribution in [2.45, 2.75) is 62.5 Å². The molecule has 2 aromatic rings. The lowest BCUT2D eigenvalue weighted by Gasteiger charge is -2.46. The van der Waals surface area contributed by atoms with E-state index < -0.39 is 0 Å². The van der Waals surface area contributed by atoms with Crippen LogP contribution in [0.3, 0.4) is 0 Å². The van der Waals surface area contributed by atoms with Crippen molar-refractivity contribution in [3.8, 4) is 0 Å². The third-order valence-corrected chi connectivity index (χ3v) is 6.24. The smallest absolute Gasteiger partial charge is 0.141 e. The number of hydrogen-bond acceptors (Lipinski definition) is 4. The van der Waals surface area contributed by atoms with Crippen LogP contribution >= 0.6 is 12.4 Å². The average molecular weight is 406 g/mol. The SMILES string of the molecule is Cl.Fc1cncc(CNCC[C@@]2(c3ccccn3)CCOC3(CCCC3)C2)c1. The normalized spacial score (nSPS) is 23.5. The van der Waals surface area contributed by atoms with E-state index in [1.165, 1.54) is 43.6 Å². The molecule has 0 radical (unpaired) electrons. The van der Waals surface area contributed by atoms with Crippen LogP contribution in [0.2, 0.25) is 0 Å². The topological polar surface area (TPSA) is 47.0 Å². The highest BCUT2D eigenvalue weighted by atomic mass is 35.5. The molecular formula is C22H29ClFN3O. The van der Waals surface area contributed by atoms with Gasteiger partial charge in [-0.05, 0) is 62.4 Å². The molecule has 152 valence electrons. The Kier molecular flexibility index (Phi) is 7.02. The van der Waals surface area contributed by atoms with Gasteiger partial charge in [-0.3, -0.25) is 9.97 Å². The van der Waals surface area contributed by atoms with E-state index >= 15 is 0 Å². The number of nitrogens with zero attached hydrogens (tertiary/aromatic N) is 2. The van der Waals surface area contributed by atoms with Gasteiger partial charge in [0, 0.05) is 36.7 Å². The van der Waals surface area contributed by atoms with Crippen molar-refractivity contribution in [1.29, 1.82) is 0 Å². The molecule has 0 unspecified atom stereocenters. The molecule has 2 aromatic heterocycles. The molecule has 4 nitrogen and oxygen atoms in total. The van der Waals surface area contributed by atoms with Crippen LogP contribution in [0.5, 0.6) is 0 Å². The fourth-order valence-electron chi connectivity index (χ4n) is 4.91. The first kappa shape index (κ1) is 21.2. The molecule has 6 heteroatoms. The molecule has 0 bridgehead atoms. The molecule has 2 fully saturated rings. The van der Waals surface area contributed by atoms with Gasteiger partial charge in [0.15, 0.2) is 0 Å². The maximum absolute atomic E-state index is 13.3. The number of rotatable bonds is 6. The summed E-state index contributed by atoms with van der Waals surface area (Å²) in [5.74, 6) is -0.285. The molecule has 1 atom stereocenters. The zero-order valence-corrected chi connectivity index (χ0v) is 17.0. The van der Waals surface area contributed by atoms with Crippen molar-refractivity contribution in [3.05, 3.63) is 59.9 Å². The summed E-state index contributed by atoms with van der Waals surface area (Å²) in [4.78, 5) is 8.66. The van der Waals surface area contributed by atoms with Crippen LogP contribution in [0.4, 0.5) is 4.39 Å². The van der Waals surface area contributed by atoms with Crippen LogP contribution in [0.1, 0.15) is 56.2 Å². The highest BCUT2D eigenvalue weighted by molar-refractivity contribution is 5.85. The molecule has 0 aromatic carbocycles. The zero-order valence-electron chi connectivity index (χ0n) is 16.2. The van der Waals surface area contributed by atoms with E-state index in [2.05, 4.69) is 22.4 Å². The molecule has 1 spiro atoms. The van der Waals surface area contributed by atoms with E-state index in [0.29, 0.717) is 6.54 Å². The summed E-state index contributed by atoms with van der Waals surface area (Å²) < 4.78 is 19.6. The van der Waals surface area contributed by atoms with Gasteiger partial charge in [-0.2, -0.15) is 0 Å². The fourth-order valence-corrected chi connectivity index (χ4v) is 4.91. The van der Waals surface area contributed by atoms with Crippen LogP contribution in [0, 0.1) is 5.82 Å². The Hall–Kier alpha value is -1.56. The molecule has 1 N–H and O–H groups in total. The van der Waals surface area contributed by atoms with Crippen LogP contribution in [-0.2, 0) is 16.7 Å². The van der Waals surface area contributed by atoms with Gasteiger partial charge in [0.25, 0.3) is 0 Å². The predicted molar refractivity (Wildman–Crippen MR) is 110 cm³/mol. The Bertz CT molecular complexity index is 754. The number of ether oxygens (including phenoxy) is 1. The Morgan fingerprint density at radius 1 is 1.14 bits per heavy atom. The summed E-state index contributed by atoms with van der Waals surface area (Å²) in [5.41, 5.74) is 2.16. The van der Waals surface area contributed by atoms with Crippen molar-refractivity contribution in [1.82, 2.24) is 15.3 Å². The summed E-state index contributed by atoms with van der Waals surface area (Å²) >= 11 is 0. The third-order valence-electron chi connectivity index (χ3n) is 6.24. The van der Waals surface area contributed by atoms with Gasteiger partial charge in [-0.1, -0.05) is 18.9 Å². The summed E-state index contributed by atoms with van der Waals surface area (Å²) in [5, 5.41) is 3.47. The monoisotopic (exact) mass is 405 g/mol. The Morgan fingerprint density at radius 3 is 2.75 bits per heavy atom. The first-order chi connectivity index (χ1) is 13.2. The second-order valence-corrected chi connectivity index (χ2v) is 8.10. The Labute approximate surface area is 172 Å². The Morgan fingerprint density at radius 2 is 2.00 bits per heavy atom. The van der Waals surface area contributed by atoms with Gasteiger partial charge in [0.1, 0.15) is 5.82 Å². The third kappa shape index (κ3) is 4.70. The summed E-state index contributed by atoms with van der Waals surface area (Å²) in [7, 11) is 0. The standard InChI is InChI=1S/C22H28FN3O.ClH/c23-19-13-18(15-25-16-19)14-24-11-8-21(20-5-1-4-10-26-20)9-12-27-22(17-21)6-2-3-7-22;/h1,4-5,10,13,15-16,24H,2-3,6-9,11-12,14,17H2;1H/t21-;/m1./s1. The van der Waals surface area contributed by atoms with Crippen molar-refractivity contribution < 1.29 is 9.13 Å². The number of nitrogens with one attached hydrogen (secondary N) is 1. The van der Waals surface area contributed by atoms with Crippen molar-refractivity contribution in [2.75, 3.05) is 13.2 Å². The number of pyridine rings is 2. The molecule has 1 saturated carbocycles. The quantitative estimate of drug-likeness (QED) is 0.714. The van der Waals surface area contributed by atoms with E-state index in [1.54, 1.807) is 6.20 Å². The average Bonchev–Trinajstić information content (AvgIpc) is 3.13. The second kappa shape index (κ2) is 9.29. The van der Waals surface area contributed by atoms with Gasteiger partial charge < -0.3 is 10.1 Å². The zero-order chi connectivity index (χ0) is 18.6. The van der Waals surface area contributed by atoms with Gasteiger partial charge in [-0.15, -0.1) is 12.4 Å². The maximum atomic E-state index is 13.3. The minimum absolute atomic E-state index is 0. The summed E-state index contributed by atoms with van der Waals surface area (Å²) in [6.07, 6.45) is 12.8. The molecule has 0 amide bonds. The molecule has 4 rings (SSSR count). The lowest BCUT2D eigenvalue weighted by atomic mass is 9.68. The van der Waals surface area contributed by atoms with Gasteiger partial charge in [0.2, 0.25) is 0 Å². The van der Waals surface area contributed by atoms with Crippen molar-refractivity contribution in [2.24, 2.45) is 0 Å². The van der Waals surface area contributed by atoms with Crippen molar-refractivity contribution in [3.63, 3.8) is 0 Å². The molecule has 1 aliphatic heterocycles. The first-order valence-corrected chi connectivity index (χ1v) is 10.1. The van der Waals surface area contributed by atoms with E-state index in [0.717, 1.165) is 38.0 Å². The van der Waals surface area contributed by atoms with Gasteiger partial charge in [0.05, 0.1) is 11.8 Å². The minimum atomic E-state index is -0.285. The van der Waals surface area contributed by atoms with Gasteiger partial charge in [-0.25, -0.2) is 4.39 Å². The van der Waals surface area contributed by atoms with E-state index in [-0.39, 0.29) is 29.2 Å². The van der Waals surface area contributed by atoms with Crippen LogP contribution in [0.25, 0.3) is 0 Å². The van der Waals surface area contributed by atoms with Crippen molar-refractivity contribution >= 4 is 12.4 Å². The summed E-state index contributed by atoms with van der Waals surface area (Å²) in [6, 6.07) is 7.78. The number of halogens is 2. The first-order valence-electron chi connectivity index (χ1n) is 10.1. The van der Waals surface area contributed by atoms with Crippen LogP contribution in [0.15, 0.2) is 42.9 Å². The van der Waals surface area contributed by atoms with E-state index in [9.17, 15) is 4.39 Å².